The van der Waals surface area contributed by atoms with Crippen molar-refractivity contribution in [3.63, 3.8) is 0 Å². The highest BCUT2D eigenvalue weighted by atomic mass is 16.5. The Balaban J connectivity index is 1.61. The molecule has 0 aliphatic carbocycles. The standard InChI is InChI=1S/C18H26N4O3/c1-2-25-17(24)15-7-4-10-21(13-15)16(23)14-6-3-11-22(12-14)18-19-8-5-9-20-18/h5,8-9,14-15H,2-4,6-7,10-13H2,1H3. The zero-order valence-corrected chi connectivity index (χ0v) is 14.8. The summed E-state index contributed by atoms with van der Waals surface area (Å²) in [6.07, 6.45) is 6.93. The van der Waals surface area contributed by atoms with Crippen LogP contribution in [0.3, 0.4) is 0 Å². The fourth-order valence-electron chi connectivity index (χ4n) is 3.70. The molecule has 0 radical (unpaired) electrons. The maximum absolute atomic E-state index is 13.0. The Kier molecular flexibility index (Phi) is 5.83. The summed E-state index contributed by atoms with van der Waals surface area (Å²) in [4.78, 5) is 37.5. The molecule has 2 atom stereocenters. The summed E-state index contributed by atoms with van der Waals surface area (Å²) in [6.45, 7) is 4.93. The van der Waals surface area contributed by atoms with E-state index in [-0.39, 0.29) is 23.7 Å². The third-order valence-electron chi connectivity index (χ3n) is 4.96. The Morgan fingerprint density at radius 2 is 1.84 bits per heavy atom. The molecule has 136 valence electrons. The van der Waals surface area contributed by atoms with Crippen LogP contribution in [0, 0.1) is 11.8 Å². The van der Waals surface area contributed by atoms with Gasteiger partial charge in [-0.3, -0.25) is 9.59 Å². The fraction of sp³-hybridized carbons (Fsp3) is 0.667. The van der Waals surface area contributed by atoms with Crippen LogP contribution in [-0.4, -0.2) is 59.5 Å². The van der Waals surface area contributed by atoms with Crippen LogP contribution >= 0.6 is 0 Å². The number of hydrogen-bond acceptors (Lipinski definition) is 6. The molecule has 0 bridgehead atoms. The SMILES string of the molecule is CCOC(=O)C1CCCN(C(=O)C2CCCN(c3ncccn3)C2)C1. The van der Waals surface area contributed by atoms with E-state index in [1.54, 1.807) is 18.5 Å². The molecule has 7 heteroatoms. The van der Waals surface area contributed by atoms with Crippen molar-refractivity contribution >= 4 is 17.8 Å². The van der Waals surface area contributed by atoms with E-state index < -0.39 is 0 Å². The smallest absolute Gasteiger partial charge is 0.310 e. The van der Waals surface area contributed by atoms with Gasteiger partial charge in [-0.2, -0.15) is 0 Å². The average Bonchev–Trinajstić information content (AvgIpc) is 2.68. The maximum Gasteiger partial charge on any atom is 0.310 e. The van der Waals surface area contributed by atoms with E-state index >= 15 is 0 Å². The third-order valence-corrected chi connectivity index (χ3v) is 4.96. The van der Waals surface area contributed by atoms with Gasteiger partial charge in [0.25, 0.3) is 0 Å². The van der Waals surface area contributed by atoms with Crippen molar-refractivity contribution in [1.29, 1.82) is 0 Å². The molecule has 0 N–H and O–H groups in total. The summed E-state index contributed by atoms with van der Waals surface area (Å²) in [5.74, 6) is 0.411. The normalized spacial score (nSPS) is 24.0. The second-order valence-electron chi connectivity index (χ2n) is 6.71. The Hall–Kier alpha value is -2.18. The first kappa shape index (κ1) is 17.6. The monoisotopic (exact) mass is 346 g/mol. The fourth-order valence-corrected chi connectivity index (χ4v) is 3.70. The molecule has 0 aromatic carbocycles. The van der Waals surface area contributed by atoms with Crippen molar-refractivity contribution in [2.75, 3.05) is 37.7 Å². The lowest BCUT2D eigenvalue weighted by molar-refractivity contribution is -0.152. The number of ether oxygens (including phenoxy) is 1. The number of amides is 1. The van der Waals surface area contributed by atoms with Crippen LogP contribution in [-0.2, 0) is 14.3 Å². The summed E-state index contributed by atoms with van der Waals surface area (Å²) in [5.41, 5.74) is 0. The highest BCUT2D eigenvalue weighted by molar-refractivity contribution is 5.81. The molecule has 1 aromatic rings. The van der Waals surface area contributed by atoms with Gasteiger partial charge in [-0.25, -0.2) is 9.97 Å². The first-order valence-corrected chi connectivity index (χ1v) is 9.16. The summed E-state index contributed by atoms with van der Waals surface area (Å²) in [7, 11) is 0. The van der Waals surface area contributed by atoms with Crippen LogP contribution < -0.4 is 4.90 Å². The summed E-state index contributed by atoms with van der Waals surface area (Å²) in [5, 5.41) is 0. The topological polar surface area (TPSA) is 75.6 Å². The van der Waals surface area contributed by atoms with Crippen LogP contribution in [0.5, 0.6) is 0 Å². The molecule has 2 saturated heterocycles. The van der Waals surface area contributed by atoms with E-state index in [0.717, 1.165) is 38.8 Å². The lowest BCUT2D eigenvalue weighted by Crippen LogP contribution is -2.49. The van der Waals surface area contributed by atoms with Crippen molar-refractivity contribution in [3.8, 4) is 0 Å². The van der Waals surface area contributed by atoms with E-state index in [9.17, 15) is 9.59 Å². The van der Waals surface area contributed by atoms with Gasteiger partial charge in [0.15, 0.2) is 0 Å². The maximum atomic E-state index is 13.0. The predicted molar refractivity (Wildman–Crippen MR) is 92.9 cm³/mol. The second-order valence-corrected chi connectivity index (χ2v) is 6.71. The van der Waals surface area contributed by atoms with Crippen LogP contribution in [0.1, 0.15) is 32.6 Å². The first-order chi connectivity index (χ1) is 12.2. The second kappa shape index (κ2) is 8.27. The molecular weight excluding hydrogens is 320 g/mol. The van der Waals surface area contributed by atoms with Gasteiger partial charge in [0.1, 0.15) is 0 Å². The number of anilines is 1. The predicted octanol–water partition coefficient (Wildman–Crippen LogP) is 1.49. The van der Waals surface area contributed by atoms with Crippen molar-refractivity contribution < 1.29 is 14.3 Å². The molecule has 3 rings (SSSR count). The van der Waals surface area contributed by atoms with Crippen LogP contribution in [0.2, 0.25) is 0 Å². The van der Waals surface area contributed by atoms with E-state index in [2.05, 4.69) is 14.9 Å². The molecule has 2 aliphatic rings. The quantitative estimate of drug-likeness (QED) is 0.769. The van der Waals surface area contributed by atoms with Gasteiger partial charge < -0.3 is 14.5 Å². The van der Waals surface area contributed by atoms with Gasteiger partial charge >= 0.3 is 5.97 Å². The number of aromatic nitrogens is 2. The van der Waals surface area contributed by atoms with Gasteiger partial charge in [0.2, 0.25) is 11.9 Å². The Bertz CT molecular complexity index is 595. The minimum Gasteiger partial charge on any atom is -0.466 e. The zero-order chi connectivity index (χ0) is 17.6. The van der Waals surface area contributed by atoms with Crippen LogP contribution in [0.15, 0.2) is 18.5 Å². The number of nitrogens with zero attached hydrogens (tertiary/aromatic N) is 4. The molecule has 3 heterocycles. The van der Waals surface area contributed by atoms with Crippen molar-refractivity contribution in [2.24, 2.45) is 11.8 Å². The largest absolute Gasteiger partial charge is 0.466 e. The molecule has 2 aliphatic heterocycles. The van der Waals surface area contributed by atoms with Gasteiger partial charge in [0.05, 0.1) is 18.4 Å². The number of likely N-dealkylation sites (tertiary alicyclic amines) is 1. The molecule has 25 heavy (non-hydrogen) atoms. The number of esters is 1. The van der Waals surface area contributed by atoms with Gasteiger partial charge in [-0.15, -0.1) is 0 Å². The molecule has 0 saturated carbocycles. The number of rotatable bonds is 4. The lowest BCUT2D eigenvalue weighted by Gasteiger charge is -2.37. The highest BCUT2D eigenvalue weighted by Gasteiger charge is 2.34. The molecule has 7 nitrogen and oxygen atoms in total. The lowest BCUT2D eigenvalue weighted by atomic mass is 9.93. The number of hydrogen-bond donors (Lipinski definition) is 0. The third kappa shape index (κ3) is 4.27. The minimum atomic E-state index is -0.185. The first-order valence-electron chi connectivity index (χ1n) is 9.16. The van der Waals surface area contributed by atoms with E-state index in [4.69, 9.17) is 4.74 Å². The van der Waals surface area contributed by atoms with Crippen molar-refractivity contribution in [1.82, 2.24) is 14.9 Å². The van der Waals surface area contributed by atoms with Crippen LogP contribution in [0.4, 0.5) is 5.95 Å². The number of piperidine rings is 2. The molecule has 1 aromatic heterocycles. The summed E-state index contributed by atoms with van der Waals surface area (Å²) >= 11 is 0. The van der Waals surface area contributed by atoms with Gasteiger partial charge in [-0.1, -0.05) is 0 Å². The summed E-state index contributed by atoms with van der Waals surface area (Å²) in [6, 6.07) is 1.79. The zero-order valence-electron chi connectivity index (χ0n) is 14.8. The minimum absolute atomic E-state index is 0.0569. The Morgan fingerprint density at radius 1 is 1.12 bits per heavy atom. The van der Waals surface area contributed by atoms with Crippen LogP contribution in [0.25, 0.3) is 0 Å². The number of carbonyl (C=O) groups is 2. The van der Waals surface area contributed by atoms with E-state index in [1.807, 2.05) is 11.8 Å². The van der Waals surface area contributed by atoms with Gasteiger partial charge in [0, 0.05) is 38.6 Å². The molecular formula is C18H26N4O3. The average molecular weight is 346 g/mol. The van der Waals surface area contributed by atoms with Crippen molar-refractivity contribution in [2.45, 2.75) is 32.6 Å². The molecule has 1 amide bonds. The summed E-state index contributed by atoms with van der Waals surface area (Å²) < 4.78 is 5.13. The van der Waals surface area contributed by atoms with E-state index in [1.165, 1.54) is 0 Å². The van der Waals surface area contributed by atoms with Crippen molar-refractivity contribution in [3.05, 3.63) is 18.5 Å². The van der Waals surface area contributed by atoms with Gasteiger partial charge in [-0.05, 0) is 38.7 Å². The molecule has 0 spiro atoms. The molecule has 2 fully saturated rings. The molecule has 2 unspecified atom stereocenters. The highest BCUT2D eigenvalue weighted by Crippen LogP contribution is 2.25. The van der Waals surface area contributed by atoms with E-state index in [0.29, 0.717) is 25.6 Å². The Morgan fingerprint density at radius 3 is 2.60 bits per heavy atom. The Labute approximate surface area is 148 Å². The number of carbonyl (C=O) groups excluding carboxylic acids is 2.